The number of alkyl halides is 6. The first-order valence-corrected chi connectivity index (χ1v) is 20.7. The number of hydrogen-bond donors (Lipinski definition) is 0. The van der Waals surface area contributed by atoms with Crippen LogP contribution in [-0.2, 0) is 4.74 Å². The summed E-state index contributed by atoms with van der Waals surface area (Å²) in [6.07, 6.45) is 3.06. The molecular weight excluding hydrogens is 1350 g/mol. The molecule has 2 aliphatic carbocycles. The van der Waals surface area contributed by atoms with Crippen molar-refractivity contribution in [2.24, 2.45) is 0 Å². The number of hydrogen-bond acceptors (Lipinski definition) is 1. The Morgan fingerprint density at radius 3 is 1.15 bits per heavy atom. The summed E-state index contributed by atoms with van der Waals surface area (Å²) in [5.41, 5.74) is -1.50. The predicted octanol–water partition coefficient (Wildman–Crippen LogP) is 13.8. The lowest BCUT2D eigenvalue weighted by atomic mass is 9.84. The molecule has 0 heterocycles. The van der Waals surface area contributed by atoms with E-state index in [-0.39, 0.29) is 17.1 Å². The van der Waals surface area contributed by atoms with Crippen molar-refractivity contribution < 1.29 is 4.74 Å². The Morgan fingerprint density at radius 2 is 0.879 bits per heavy atom. The molecule has 4 atom stereocenters. The van der Waals surface area contributed by atoms with E-state index in [1.807, 2.05) is 0 Å². The molecule has 2 rings (SSSR count). The van der Waals surface area contributed by atoms with Crippen LogP contribution in [0.5, 0.6) is 0 Å². The molecule has 0 saturated carbocycles. The van der Waals surface area contributed by atoms with Gasteiger partial charge in [0.2, 0.25) is 0 Å². The summed E-state index contributed by atoms with van der Waals surface area (Å²) < 4.78 is 15.1. The van der Waals surface area contributed by atoms with Crippen LogP contribution in [0.1, 0.15) is 25.7 Å². The van der Waals surface area contributed by atoms with Gasteiger partial charge in [-0.1, -0.05) is 159 Å². The van der Waals surface area contributed by atoms with Crippen molar-refractivity contribution in [2.45, 2.75) is 54.0 Å². The zero-order chi connectivity index (χ0) is 25.5. The van der Waals surface area contributed by atoms with E-state index >= 15 is 0 Å². The Bertz CT molecular complexity index is 834. The van der Waals surface area contributed by atoms with Crippen LogP contribution in [0.4, 0.5) is 0 Å². The molecule has 1 nitrogen and oxygen atoms in total. The number of rotatable bonds is 8. The Labute approximate surface area is 311 Å². The molecule has 0 saturated heterocycles. The van der Waals surface area contributed by atoms with Crippen LogP contribution in [0.2, 0.25) is 0 Å². The van der Waals surface area contributed by atoms with Gasteiger partial charge in [0, 0.05) is 35.9 Å². The first kappa shape index (κ1) is 34.8. The molecule has 0 spiro atoms. The topological polar surface area (TPSA) is 9.23 Å². The van der Waals surface area contributed by atoms with E-state index in [1.54, 1.807) is 0 Å². The van der Waals surface area contributed by atoms with Crippen molar-refractivity contribution in [1.82, 2.24) is 0 Å². The summed E-state index contributed by atoms with van der Waals surface area (Å²) in [5.74, 6) is 0. The van der Waals surface area contributed by atoms with E-state index in [1.165, 1.54) is 0 Å². The Kier molecular flexibility index (Phi) is 15.5. The third kappa shape index (κ3) is 7.54. The van der Waals surface area contributed by atoms with Gasteiger partial charge in [-0.2, -0.15) is 0 Å². The molecule has 0 aliphatic heterocycles. The van der Waals surface area contributed by atoms with Gasteiger partial charge in [0.1, 0.15) is 11.2 Å². The molecular formula is C18H12Br14O. The Morgan fingerprint density at radius 1 is 0.576 bits per heavy atom. The lowest BCUT2D eigenvalue weighted by Gasteiger charge is -2.51. The van der Waals surface area contributed by atoms with E-state index in [0.717, 1.165) is 48.7 Å². The molecule has 0 aromatic rings. The van der Waals surface area contributed by atoms with Gasteiger partial charge < -0.3 is 4.74 Å². The van der Waals surface area contributed by atoms with Crippen LogP contribution >= 0.6 is 223 Å². The summed E-state index contributed by atoms with van der Waals surface area (Å²) in [4.78, 5) is -0.331. The van der Waals surface area contributed by atoms with Gasteiger partial charge in [-0.3, -0.25) is 0 Å². The van der Waals surface area contributed by atoms with Crippen LogP contribution in [0.15, 0.2) is 35.9 Å². The summed E-state index contributed by atoms with van der Waals surface area (Å²) in [5, 5.41) is 0. The second kappa shape index (κ2) is 14.7. The fourth-order valence-corrected chi connectivity index (χ4v) is 12.6. The molecule has 0 radical (unpaired) electrons. The molecule has 4 unspecified atom stereocenters. The number of halogens is 14. The average molecular weight is 1360 g/mol. The molecule has 0 fully saturated rings. The fourth-order valence-electron chi connectivity index (χ4n) is 3.37. The average Bonchev–Trinajstić information content (AvgIpc) is 2.77. The highest BCUT2D eigenvalue weighted by Crippen LogP contribution is 2.60. The molecule has 2 aliphatic rings. The molecule has 0 aromatic heterocycles. The summed E-state index contributed by atoms with van der Waals surface area (Å²) in [7, 11) is 0. The highest BCUT2D eigenvalue weighted by molar-refractivity contribution is 9.25. The van der Waals surface area contributed by atoms with E-state index in [2.05, 4.69) is 223 Å². The molecule has 33 heavy (non-hydrogen) atoms. The quantitative estimate of drug-likeness (QED) is 0.220. The van der Waals surface area contributed by atoms with Crippen molar-refractivity contribution in [3.63, 3.8) is 0 Å². The summed E-state index contributed by atoms with van der Waals surface area (Å²) in [6.45, 7) is 0. The SMILES string of the molecule is BrC1=C(Br)C(Br)C(CCC(Br)Br)(OC2(CCC(Br)Br)C(Br)=C(Br)C(Br)=C(Br)C2Br)C(Br)=C1Br. The van der Waals surface area contributed by atoms with Gasteiger partial charge in [0.05, 0.1) is 17.1 Å². The highest BCUT2D eigenvalue weighted by atomic mass is 79.9. The van der Waals surface area contributed by atoms with Gasteiger partial charge >= 0.3 is 0 Å². The van der Waals surface area contributed by atoms with Gasteiger partial charge in [0.25, 0.3) is 0 Å². The molecule has 0 amide bonds. The van der Waals surface area contributed by atoms with Crippen molar-refractivity contribution in [3.05, 3.63) is 35.9 Å². The first-order chi connectivity index (χ1) is 15.1. The monoisotopic (exact) mass is 1350 g/mol. The number of ether oxygens (including phenoxy) is 1. The maximum atomic E-state index is 7.42. The van der Waals surface area contributed by atoms with Crippen molar-refractivity contribution >= 4 is 223 Å². The molecule has 0 bridgehead atoms. The third-order valence-electron chi connectivity index (χ3n) is 5.03. The van der Waals surface area contributed by atoms with Gasteiger partial charge in [-0.05, 0) is 89.4 Å². The zero-order valence-electron chi connectivity index (χ0n) is 15.8. The zero-order valence-corrected chi connectivity index (χ0v) is 38.0. The minimum absolute atomic E-state index is 0.139. The first-order valence-electron chi connectivity index (χ1n) is 8.91. The molecule has 15 heteroatoms. The van der Waals surface area contributed by atoms with Gasteiger partial charge in [0.15, 0.2) is 0 Å². The maximum Gasteiger partial charge on any atom is 0.119 e. The third-order valence-corrected chi connectivity index (χ3v) is 20.8. The minimum Gasteiger partial charge on any atom is -0.355 e. The van der Waals surface area contributed by atoms with E-state index in [9.17, 15) is 0 Å². The minimum atomic E-state index is -0.752. The van der Waals surface area contributed by atoms with Crippen LogP contribution in [0.25, 0.3) is 0 Å². The maximum absolute atomic E-state index is 7.42. The van der Waals surface area contributed by atoms with Crippen LogP contribution in [0, 0.1) is 0 Å². The van der Waals surface area contributed by atoms with E-state index < -0.39 is 11.2 Å². The van der Waals surface area contributed by atoms with Crippen LogP contribution in [-0.4, -0.2) is 28.3 Å². The van der Waals surface area contributed by atoms with Crippen molar-refractivity contribution in [1.29, 1.82) is 0 Å². The summed E-state index contributed by atoms with van der Waals surface area (Å²) >= 11 is 52.8. The van der Waals surface area contributed by atoms with Crippen LogP contribution in [0.3, 0.4) is 0 Å². The van der Waals surface area contributed by atoms with Crippen molar-refractivity contribution in [3.8, 4) is 0 Å². The molecule has 0 N–H and O–H groups in total. The standard InChI is InChI=1S/C18H12Br14O/c19-5(20)1-3-17(13(29)9(25)7(23)10(26)14(17)30)33-18(4-2-6(21)22)15(31)11(27)8(24)12(28)16(18)32/h5-6,13,15H,1-4H2. The Hall–Kier alpha value is 5.64. The lowest BCUT2D eigenvalue weighted by molar-refractivity contribution is -0.111. The van der Waals surface area contributed by atoms with Gasteiger partial charge in [-0.25, -0.2) is 0 Å². The lowest BCUT2D eigenvalue weighted by Crippen LogP contribution is -2.56. The predicted molar refractivity (Wildman–Crippen MR) is 193 cm³/mol. The van der Waals surface area contributed by atoms with Crippen LogP contribution < -0.4 is 0 Å². The second-order valence-electron chi connectivity index (χ2n) is 7.05. The fraction of sp³-hybridized carbons (Fsp3) is 0.556. The normalized spacial score (nSPS) is 31.6. The number of allylic oxidation sites excluding steroid dienone is 4. The second-order valence-corrected chi connectivity index (χ2v) is 22.2. The van der Waals surface area contributed by atoms with E-state index in [4.69, 9.17) is 4.74 Å². The molecule has 0 aromatic carbocycles. The highest BCUT2D eigenvalue weighted by Gasteiger charge is 2.57. The largest absolute Gasteiger partial charge is 0.355 e. The Balaban J connectivity index is 2.78. The van der Waals surface area contributed by atoms with E-state index in [0.29, 0.717) is 12.8 Å². The van der Waals surface area contributed by atoms with Crippen molar-refractivity contribution in [2.75, 3.05) is 0 Å². The summed E-state index contributed by atoms with van der Waals surface area (Å²) in [6, 6.07) is 0. The smallest absolute Gasteiger partial charge is 0.119 e. The van der Waals surface area contributed by atoms with Gasteiger partial charge in [-0.15, -0.1) is 0 Å². The molecule has 188 valence electrons.